The van der Waals surface area contributed by atoms with E-state index in [4.69, 9.17) is 0 Å². The van der Waals surface area contributed by atoms with E-state index >= 15 is 0 Å². The van der Waals surface area contributed by atoms with E-state index in [9.17, 15) is 4.79 Å². The van der Waals surface area contributed by atoms with E-state index in [1.165, 1.54) is 12.8 Å². The van der Waals surface area contributed by atoms with Gasteiger partial charge < -0.3 is 15.4 Å². The molecule has 0 aromatic carbocycles. The molecule has 0 saturated heterocycles. The van der Waals surface area contributed by atoms with Gasteiger partial charge in [0.2, 0.25) is 0 Å². The van der Waals surface area contributed by atoms with Crippen LogP contribution in [0.1, 0.15) is 24.7 Å². The van der Waals surface area contributed by atoms with Gasteiger partial charge in [-0.2, -0.15) is 5.10 Å². The molecule has 7 nitrogen and oxygen atoms in total. The van der Waals surface area contributed by atoms with Crippen LogP contribution in [0.5, 0.6) is 0 Å². The number of carbonyl (C=O) groups excluding carboxylic acids is 1. The summed E-state index contributed by atoms with van der Waals surface area (Å²) in [6.07, 6.45) is 0.940. The number of esters is 1. The van der Waals surface area contributed by atoms with Crippen LogP contribution in [-0.4, -0.2) is 49.0 Å². The van der Waals surface area contributed by atoms with Crippen molar-refractivity contribution >= 4 is 11.9 Å². The summed E-state index contributed by atoms with van der Waals surface area (Å²) in [7, 11) is 3.10. The molecule has 0 spiro atoms. The van der Waals surface area contributed by atoms with Crippen molar-refractivity contribution in [3.8, 4) is 0 Å². The van der Waals surface area contributed by atoms with Crippen molar-refractivity contribution < 1.29 is 9.53 Å². The normalized spacial score (nSPS) is 12.9. The maximum Gasteiger partial charge on any atom is 0.310 e. The van der Waals surface area contributed by atoms with E-state index in [0.717, 1.165) is 25.2 Å². The van der Waals surface area contributed by atoms with E-state index in [2.05, 4.69) is 38.5 Å². The van der Waals surface area contributed by atoms with E-state index in [1.807, 2.05) is 18.5 Å². The third kappa shape index (κ3) is 5.75. The lowest BCUT2D eigenvalue weighted by atomic mass is 10.2. The third-order valence-electron chi connectivity index (χ3n) is 3.35. The van der Waals surface area contributed by atoms with Gasteiger partial charge in [0.15, 0.2) is 5.96 Å². The average Bonchev–Trinajstić information content (AvgIpc) is 2.83. The number of nitrogens with one attached hydrogen (secondary N) is 2. The van der Waals surface area contributed by atoms with Gasteiger partial charge in [0, 0.05) is 32.4 Å². The topological polar surface area (TPSA) is 80.5 Å². The zero-order chi connectivity index (χ0) is 16.5. The largest absolute Gasteiger partial charge is 0.469 e. The first kappa shape index (κ1) is 18.0. The zero-order valence-electron chi connectivity index (χ0n) is 14.1. The molecule has 0 saturated carbocycles. The second-order valence-corrected chi connectivity index (χ2v) is 5.31. The molecule has 1 rings (SSSR count). The van der Waals surface area contributed by atoms with Gasteiger partial charge in [-0.05, 0) is 26.3 Å². The number of carbonyl (C=O) groups is 1. The minimum Gasteiger partial charge on any atom is -0.469 e. The number of methoxy groups -OCH3 is 1. The van der Waals surface area contributed by atoms with Crippen LogP contribution in [-0.2, 0) is 16.1 Å². The first-order chi connectivity index (χ1) is 10.5. The van der Waals surface area contributed by atoms with Crippen molar-refractivity contribution in [2.45, 2.75) is 33.7 Å². The molecule has 0 fully saturated rings. The third-order valence-corrected chi connectivity index (χ3v) is 3.35. The van der Waals surface area contributed by atoms with Crippen LogP contribution in [0.3, 0.4) is 0 Å². The molecule has 7 heteroatoms. The highest BCUT2D eigenvalue weighted by Gasteiger charge is 2.13. The molecule has 1 unspecified atom stereocenters. The summed E-state index contributed by atoms with van der Waals surface area (Å²) in [5, 5.41) is 10.8. The van der Waals surface area contributed by atoms with Gasteiger partial charge in [-0.15, -0.1) is 0 Å². The maximum absolute atomic E-state index is 11.3. The molecule has 0 aliphatic carbocycles. The van der Waals surface area contributed by atoms with Gasteiger partial charge in [-0.1, -0.05) is 6.92 Å². The summed E-state index contributed by atoms with van der Waals surface area (Å²) in [6.45, 7) is 8.00. The Hall–Kier alpha value is -2.05. The lowest BCUT2D eigenvalue weighted by Gasteiger charge is -2.14. The minimum absolute atomic E-state index is 0.210. The molecule has 22 heavy (non-hydrogen) atoms. The standard InChI is InChI=1S/C15H27N5O2/c1-11(14(21)22-5)10-18-15(16-4)17-7-6-8-20-13(3)9-12(2)19-20/h9,11H,6-8,10H2,1-5H3,(H2,16,17,18). The van der Waals surface area contributed by atoms with Crippen molar-refractivity contribution in [3.05, 3.63) is 17.5 Å². The average molecular weight is 309 g/mol. The Morgan fingerprint density at radius 1 is 1.45 bits per heavy atom. The number of rotatable bonds is 7. The van der Waals surface area contributed by atoms with Crippen LogP contribution in [0.15, 0.2) is 11.1 Å². The molecule has 124 valence electrons. The Morgan fingerprint density at radius 2 is 2.18 bits per heavy atom. The van der Waals surface area contributed by atoms with E-state index in [1.54, 1.807) is 7.05 Å². The van der Waals surface area contributed by atoms with Crippen LogP contribution < -0.4 is 10.6 Å². The van der Waals surface area contributed by atoms with Crippen molar-refractivity contribution in [2.75, 3.05) is 27.2 Å². The van der Waals surface area contributed by atoms with Gasteiger partial charge >= 0.3 is 5.97 Å². The summed E-state index contributed by atoms with van der Waals surface area (Å²) in [5.74, 6) is 0.245. The lowest BCUT2D eigenvalue weighted by molar-refractivity contribution is -0.144. The highest BCUT2D eigenvalue weighted by Crippen LogP contribution is 2.02. The molecule has 0 amide bonds. The van der Waals surface area contributed by atoms with E-state index in [0.29, 0.717) is 12.5 Å². The molecule has 1 atom stereocenters. The minimum atomic E-state index is -0.229. The molecule has 0 aliphatic rings. The fourth-order valence-corrected chi connectivity index (χ4v) is 2.09. The van der Waals surface area contributed by atoms with Gasteiger partial charge in [0.05, 0.1) is 18.7 Å². The van der Waals surface area contributed by atoms with Crippen LogP contribution in [0, 0.1) is 19.8 Å². The maximum atomic E-state index is 11.3. The SMILES string of the molecule is CN=C(NCCCn1nc(C)cc1C)NCC(C)C(=O)OC. The van der Waals surface area contributed by atoms with Gasteiger partial charge in [0.1, 0.15) is 0 Å². The van der Waals surface area contributed by atoms with Crippen molar-refractivity contribution in [1.82, 2.24) is 20.4 Å². The Bertz CT molecular complexity index is 510. The quantitative estimate of drug-likeness (QED) is 0.338. The second-order valence-electron chi connectivity index (χ2n) is 5.31. The highest BCUT2D eigenvalue weighted by atomic mass is 16.5. The number of hydrogen-bond acceptors (Lipinski definition) is 4. The zero-order valence-corrected chi connectivity index (χ0v) is 14.1. The van der Waals surface area contributed by atoms with Crippen molar-refractivity contribution in [1.29, 1.82) is 0 Å². The fourth-order valence-electron chi connectivity index (χ4n) is 2.09. The Balaban J connectivity index is 2.27. The Morgan fingerprint density at radius 3 is 2.73 bits per heavy atom. The van der Waals surface area contributed by atoms with Gasteiger partial charge in [-0.3, -0.25) is 14.5 Å². The number of guanidine groups is 1. The molecule has 2 N–H and O–H groups in total. The number of nitrogens with zero attached hydrogens (tertiary/aromatic N) is 3. The summed E-state index contributed by atoms with van der Waals surface area (Å²) in [4.78, 5) is 15.5. The first-order valence-corrected chi connectivity index (χ1v) is 7.51. The second kappa shape index (κ2) is 9.07. The molecular formula is C15H27N5O2. The van der Waals surface area contributed by atoms with Crippen molar-refractivity contribution in [2.24, 2.45) is 10.9 Å². The molecular weight excluding hydrogens is 282 g/mol. The highest BCUT2D eigenvalue weighted by molar-refractivity contribution is 5.80. The molecule has 0 aliphatic heterocycles. The van der Waals surface area contributed by atoms with Gasteiger partial charge in [-0.25, -0.2) is 0 Å². The smallest absolute Gasteiger partial charge is 0.310 e. The predicted molar refractivity (Wildman–Crippen MR) is 86.9 cm³/mol. The Kier molecular flexibility index (Phi) is 7.42. The van der Waals surface area contributed by atoms with Gasteiger partial charge in [0.25, 0.3) is 0 Å². The number of aliphatic imine (C=N–C) groups is 1. The summed E-state index contributed by atoms with van der Waals surface area (Å²) in [6, 6.07) is 2.07. The summed E-state index contributed by atoms with van der Waals surface area (Å²) in [5.41, 5.74) is 2.21. The van der Waals surface area contributed by atoms with Crippen LogP contribution in [0.4, 0.5) is 0 Å². The monoisotopic (exact) mass is 309 g/mol. The number of ether oxygens (including phenoxy) is 1. The Labute approximate surface area is 132 Å². The predicted octanol–water partition coefficient (Wildman–Crippen LogP) is 0.864. The van der Waals surface area contributed by atoms with Crippen molar-refractivity contribution in [3.63, 3.8) is 0 Å². The van der Waals surface area contributed by atoms with E-state index in [-0.39, 0.29) is 11.9 Å². The number of aryl methyl sites for hydroxylation is 3. The number of aromatic nitrogens is 2. The van der Waals surface area contributed by atoms with Crippen LogP contribution in [0.25, 0.3) is 0 Å². The van der Waals surface area contributed by atoms with E-state index < -0.39 is 0 Å². The molecule has 1 aromatic heterocycles. The first-order valence-electron chi connectivity index (χ1n) is 7.51. The number of hydrogen-bond donors (Lipinski definition) is 2. The molecule has 0 radical (unpaired) electrons. The summed E-state index contributed by atoms with van der Waals surface area (Å²) >= 11 is 0. The van der Waals surface area contributed by atoms with Crippen LogP contribution in [0.2, 0.25) is 0 Å². The molecule has 1 heterocycles. The molecule has 1 aromatic rings. The van der Waals surface area contributed by atoms with Crippen LogP contribution >= 0.6 is 0 Å². The lowest BCUT2D eigenvalue weighted by Crippen LogP contribution is -2.41. The summed E-state index contributed by atoms with van der Waals surface area (Å²) < 4.78 is 6.70. The fraction of sp³-hybridized carbons (Fsp3) is 0.667. The molecule has 0 bridgehead atoms.